The second-order valence-corrected chi connectivity index (χ2v) is 12.1. The van der Waals surface area contributed by atoms with Gasteiger partial charge in [0, 0.05) is 50.0 Å². The third kappa shape index (κ3) is 4.91. The molecule has 2 aromatic carbocycles. The molecule has 0 radical (unpaired) electrons. The Kier molecular flexibility index (Phi) is 6.87. The van der Waals surface area contributed by atoms with Crippen molar-refractivity contribution in [3.05, 3.63) is 83.6 Å². The summed E-state index contributed by atoms with van der Waals surface area (Å²) in [5, 5.41) is 5.52. The molecule has 4 aromatic rings. The lowest BCUT2D eigenvalue weighted by atomic mass is 9.96. The van der Waals surface area contributed by atoms with E-state index in [-0.39, 0.29) is 16.8 Å². The van der Waals surface area contributed by atoms with Gasteiger partial charge in [0.25, 0.3) is 0 Å². The molecule has 37 heavy (non-hydrogen) atoms. The van der Waals surface area contributed by atoms with Crippen molar-refractivity contribution in [2.45, 2.75) is 38.6 Å². The molecule has 1 aliphatic rings. The Morgan fingerprint density at radius 3 is 2.49 bits per heavy atom. The maximum absolute atomic E-state index is 13.6. The zero-order valence-electron chi connectivity index (χ0n) is 21.6. The summed E-state index contributed by atoms with van der Waals surface area (Å²) in [6.07, 6.45) is 4.87. The smallest absolute Gasteiger partial charge is 0.244 e. The largest absolute Gasteiger partial charge is 0.293 e. The lowest BCUT2D eigenvalue weighted by Crippen LogP contribution is -2.51. The molecule has 0 amide bonds. The fourth-order valence-corrected chi connectivity index (χ4v) is 6.80. The van der Waals surface area contributed by atoms with Crippen LogP contribution in [0.15, 0.2) is 66.0 Å². The highest BCUT2D eigenvalue weighted by atomic mass is 32.2. The van der Waals surface area contributed by atoms with E-state index in [9.17, 15) is 12.8 Å². The van der Waals surface area contributed by atoms with Crippen LogP contribution in [0.2, 0.25) is 0 Å². The number of hydrogen-bond donors (Lipinski definition) is 0. The van der Waals surface area contributed by atoms with Gasteiger partial charge in [-0.25, -0.2) is 17.5 Å². The van der Waals surface area contributed by atoms with Crippen LogP contribution >= 0.6 is 0 Å². The SMILES string of the molecule is Cc1cc2c(cnn2-c2ccc(F)cc2)cc1[C@@H]1CN(S(=O)(=O)c2cnccc2C)CCN1CC(C)C. The van der Waals surface area contributed by atoms with Crippen LogP contribution < -0.4 is 0 Å². The van der Waals surface area contributed by atoms with Crippen molar-refractivity contribution in [3.63, 3.8) is 0 Å². The van der Waals surface area contributed by atoms with Gasteiger partial charge >= 0.3 is 0 Å². The molecule has 9 heteroatoms. The van der Waals surface area contributed by atoms with Crippen LogP contribution in [0.25, 0.3) is 16.6 Å². The number of halogens is 1. The number of aromatic nitrogens is 3. The van der Waals surface area contributed by atoms with Crippen LogP contribution in [0.4, 0.5) is 4.39 Å². The molecule has 1 aliphatic heterocycles. The zero-order chi connectivity index (χ0) is 26.3. The van der Waals surface area contributed by atoms with Crippen molar-refractivity contribution < 1.29 is 12.8 Å². The van der Waals surface area contributed by atoms with Gasteiger partial charge < -0.3 is 0 Å². The van der Waals surface area contributed by atoms with Gasteiger partial charge in [-0.3, -0.25) is 9.88 Å². The first-order valence-corrected chi connectivity index (χ1v) is 14.0. The number of aryl methyl sites for hydroxylation is 2. The Labute approximate surface area is 217 Å². The van der Waals surface area contributed by atoms with Crippen LogP contribution in [0.3, 0.4) is 0 Å². The van der Waals surface area contributed by atoms with Gasteiger partial charge in [-0.15, -0.1) is 0 Å². The summed E-state index contributed by atoms with van der Waals surface area (Å²) in [5.74, 6) is 0.152. The van der Waals surface area contributed by atoms with Crippen LogP contribution in [0, 0.1) is 25.6 Å². The van der Waals surface area contributed by atoms with Crippen molar-refractivity contribution in [2.75, 3.05) is 26.2 Å². The lowest BCUT2D eigenvalue weighted by Gasteiger charge is -2.42. The van der Waals surface area contributed by atoms with Crippen molar-refractivity contribution in [2.24, 2.45) is 5.92 Å². The molecule has 0 saturated carbocycles. The molecule has 194 valence electrons. The molecule has 1 fully saturated rings. The first-order chi connectivity index (χ1) is 17.6. The maximum Gasteiger partial charge on any atom is 0.244 e. The summed E-state index contributed by atoms with van der Waals surface area (Å²) < 4.78 is 44.1. The van der Waals surface area contributed by atoms with E-state index in [2.05, 4.69) is 47.9 Å². The first kappa shape index (κ1) is 25.5. The molecule has 0 unspecified atom stereocenters. The van der Waals surface area contributed by atoms with Crippen LogP contribution in [0.1, 0.15) is 36.6 Å². The zero-order valence-corrected chi connectivity index (χ0v) is 22.4. The minimum Gasteiger partial charge on any atom is -0.293 e. The van der Waals surface area contributed by atoms with Crippen molar-refractivity contribution in [1.82, 2.24) is 24.0 Å². The Bertz CT molecular complexity index is 1530. The van der Waals surface area contributed by atoms with Gasteiger partial charge in [0.15, 0.2) is 0 Å². The van der Waals surface area contributed by atoms with Crippen molar-refractivity contribution >= 4 is 20.9 Å². The molecule has 0 bridgehead atoms. The number of fused-ring (bicyclic) bond motifs is 1. The summed E-state index contributed by atoms with van der Waals surface area (Å²) in [6.45, 7) is 10.5. The Morgan fingerprint density at radius 2 is 1.78 bits per heavy atom. The second-order valence-electron chi connectivity index (χ2n) is 10.2. The predicted molar refractivity (Wildman–Crippen MR) is 143 cm³/mol. The van der Waals surface area contributed by atoms with Crippen molar-refractivity contribution in [1.29, 1.82) is 0 Å². The predicted octanol–water partition coefficient (Wildman–Crippen LogP) is 4.88. The third-order valence-corrected chi connectivity index (χ3v) is 9.04. The summed E-state index contributed by atoms with van der Waals surface area (Å²) in [5.41, 5.74) is 4.56. The number of nitrogens with zero attached hydrogens (tertiary/aromatic N) is 5. The third-order valence-electron chi connectivity index (χ3n) is 7.05. The highest BCUT2D eigenvalue weighted by Gasteiger charge is 2.36. The Balaban J connectivity index is 1.54. The number of sulfonamides is 1. The van der Waals surface area contributed by atoms with Crippen molar-refractivity contribution in [3.8, 4) is 5.69 Å². The first-order valence-electron chi connectivity index (χ1n) is 12.5. The molecule has 1 saturated heterocycles. The summed E-state index contributed by atoms with van der Waals surface area (Å²) >= 11 is 0. The summed E-state index contributed by atoms with van der Waals surface area (Å²) in [6, 6.07) is 12.1. The molecule has 0 aliphatic carbocycles. The fourth-order valence-electron chi connectivity index (χ4n) is 5.20. The molecular weight excluding hydrogens is 489 g/mol. The van der Waals surface area contributed by atoms with E-state index in [0.717, 1.165) is 34.3 Å². The minimum atomic E-state index is -3.68. The van der Waals surface area contributed by atoms with E-state index in [1.54, 1.807) is 40.3 Å². The van der Waals surface area contributed by atoms with E-state index in [1.807, 2.05) is 6.20 Å². The fraction of sp³-hybridized carbons (Fsp3) is 0.357. The second kappa shape index (κ2) is 9.96. The van der Waals surface area contributed by atoms with Crippen LogP contribution in [-0.4, -0.2) is 58.6 Å². The van der Waals surface area contributed by atoms with Gasteiger partial charge in [-0.05, 0) is 78.9 Å². The topological polar surface area (TPSA) is 71.3 Å². The molecular formula is C28H32FN5O2S. The average Bonchev–Trinajstić information content (AvgIpc) is 3.26. The highest BCUT2D eigenvalue weighted by Crippen LogP contribution is 2.34. The van der Waals surface area contributed by atoms with Gasteiger partial charge in [0.2, 0.25) is 10.0 Å². The molecule has 0 spiro atoms. The summed E-state index contributed by atoms with van der Waals surface area (Å²) in [4.78, 5) is 6.73. The molecule has 0 N–H and O–H groups in total. The van der Waals surface area contributed by atoms with Crippen LogP contribution in [-0.2, 0) is 10.0 Å². The van der Waals surface area contributed by atoms with E-state index >= 15 is 0 Å². The van der Waals surface area contributed by atoms with E-state index < -0.39 is 10.0 Å². The standard InChI is InChI=1S/C28H32FN5O2S/c1-19(2)17-32-11-12-33(37(35,36)28-16-30-10-9-20(28)3)18-27(32)25-14-22-15-31-34(26(22)13-21(25)4)24-7-5-23(29)6-8-24/h5-10,13-16,19,27H,11-12,17-18H2,1-4H3/t27-/m0/s1. The highest BCUT2D eigenvalue weighted by molar-refractivity contribution is 7.89. The number of rotatable bonds is 6. The summed E-state index contributed by atoms with van der Waals surface area (Å²) in [7, 11) is -3.68. The molecule has 3 heterocycles. The number of pyridine rings is 1. The normalized spacial score (nSPS) is 17.6. The van der Waals surface area contributed by atoms with Gasteiger partial charge in [-0.1, -0.05) is 13.8 Å². The number of benzene rings is 2. The van der Waals surface area contributed by atoms with Gasteiger partial charge in [0.1, 0.15) is 10.7 Å². The monoisotopic (exact) mass is 521 g/mol. The maximum atomic E-state index is 13.6. The van der Waals surface area contributed by atoms with E-state index in [0.29, 0.717) is 31.1 Å². The lowest BCUT2D eigenvalue weighted by molar-refractivity contribution is 0.105. The molecule has 5 rings (SSSR count). The van der Waals surface area contributed by atoms with E-state index in [4.69, 9.17) is 0 Å². The average molecular weight is 522 g/mol. The van der Waals surface area contributed by atoms with Gasteiger partial charge in [-0.2, -0.15) is 9.40 Å². The molecule has 7 nitrogen and oxygen atoms in total. The minimum absolute atomic E-state index is 0.0959. The molecule has 2 aromatic heterocycles. The Morgan fingerprint density at radius 1 is 1.03 bits per heavy atom. The van der Waals surface area contributed by atoms with Crippen LogP contribution in [0.5, 0.6) is 0 Å². The number of hydrogen-bond acceptors (Lipinski definition) is 5. The Hall–Kier alpha value is -3.14. The molecule has 1 atom stereocenters. The van der Waals surface area contributed by atoms with E-state index in [1.165, 1.54) is 18.3 Å². The van der Waals surface area contributed by atoms with Gasteiger partial charge in [0.05, 0.1) is 17.4 Å². The number of piperazine rings is 1. The quantitative estimate of drug-likeness (QED) is 0.362.